The zero-order chi connectivity index (χ0) is 18.4. The molecule has 134 valence electrons. The number of pyridine rings is 1. The number of amides is 1. The number of hydrogen-bond donors (Lipinski definition) is 1. The van der Waals surface area contributed by atoms with Crippen molar-refractivity contribution in [1.29, 1.82) is 0 Å². The lowest BCUT2D eigenvalue weighted by molar-refractivity contribution is -0.113. The monoisotopic (exact) mass is 479 g/mol. The van der Waals surface area contributed by atoms with E-state index >= 15 is 0 Å². The van der Waals surface area contributed by atoms with Crippen molar-refractivity contribution in [1.82, 2.24) is 19.7 Å². The second-order valence-corrected chi connectivity index (χ2v) is 7.73. The van der Waals surface area contributed by atoms with Gasteiger partial charge in [-0.15, -0.1) is 10.2 Å². The van der Waals surface area contributed by atoms with Crippen LogP contribution in [0, 0.1) is 3.57 Å². The van der Waals surface area contributed by atoms with Crippen LogP contribution < -0.4 is 5.32 Å². The SMILES string of the molecule is CCCn1c(SCC(=O)Nc2cccc(I)c2)nnc1-c1ccncc1. The van der Waals surface area contributed by atoms with Gasteiger partial charge in [0.2, 0.25) is 5.91 Å². The van der Waals surface area contributed by atoms with Crippen molar-refractivity contribution >= 4 is 45.9 Å². The molecule has 0 fully saturated rings. The number of benzene rings is 1. The summed E-state index contributed by atoms with van der Waals surface area (Å²) in [6.07, 6.45) is 4.43. The summed E-state index contributed by atoms with van der Waals surface area (Å²) < 4.78 is 3.14. The molecule has 0 radical (unpaired) electrons. The average Bonchev–Trinajstić information content (AvgIpc) is 3.04. The number of hydrogen-bond acceptors (Lipinski definition) is 5. The van der Waals surface area contributed by atoms with Crippen LogP contribution in [0.3, 0.4) is 0 Å². The predicted molar refractivity (Wildman–Crippen MR) is 112 cm³/mol. The van der Waals surface area contributed by atoms with Crippen molar-refractivity contribution in [2.45, 2.75) is 25.0 Å². The summed E-state index contributed by atoms with van der Waals surface area (Å²) in [5.41, 5.74) is 1.77. The Hall–Kier alpha value is -1.94. The highest BCUT2D eigenvalue weighted by molar-refractivity contribution is 14.1. The quantitative estimate of drug-likeness (QED) is 0.409. The van der Waals surface area contributed by atoms with Gasteiger partial charge in [-0.1, -0.05) is 24.8 Å². The number of aromatic nitrogens is 4. The molecule has 1 N–H and O–H groups in total. The van der Waals surface area contributed by atoms with Gasteiger partial charge < -0.3 is 9.88 Å². The Kier molecular flexibility index (Phi) is 6.62. The molecule has 0 atom stereocenters. The summed E-state index contributed by atoms with van der Waals surface area (Å²) in [4.78, 5) is 16.3. The molecule has 0 bridgehead atoms. The first-order valence-electron chi connectivity index (χ1n) is 8.19. The van der Waals surface area contributed by atoms with Crippen LogP contribution >= 0.6 is 34.4 Å². The largest absolute Gasteiger partial charge is 0.325 e. The first-order chi connectivity index (χ1) is 12.7. The normalized spacial score (nSPS) is 10.7. The Labute approximate surface area is 170 Å². The van der Waals surface area contributed by atoms with Crippen LogP contribution in [0.15, 0.2) is 53.9 Å². The minimum absolute atomic E-state index is 0.0616. The first-order valence-corrected chi connectivity index (χ1v) is 10.3. The Morgan fingerprint density at radius 1 is 1.23 bits per heavy atom. The second-order valence-electron chi connectivity index (χ2n) is 5.54. The van der Waals surface area contributed by atoms with E-state index in [0.29, 0.717) is 0 Å². The van der Waals surface area contributed by atoms with Crippen LogP contribution in [0.1, 0.15) is 13.3 Å². The first kappa shape index (κ1) is 18.8. The molecule has 0 aliphatic rings. The number of rotatable bonds is 7. The van der Waals surface area contributed by atoms with Gasteiger partial charge in [-0.05, 0) is 59.3 Å². The zero-order valence-corrected chi connectivity index (χ0v) is 17.2. The molecule has 3 rings (SSSR count). The summed E-state index contributed by atoms with van der Waals surface area (Å²) in [6.45, 7) is 2.90. The molecule has 0 saturated carbocycles. The number of carbonyl (C=O) groups excluding carboxylic acids is 1. The highest BCUT2D eigenvalue weighted by Crippen LogP contribution is 2.24. The van der Waals surface area contributed by atoms with Gasteiger partial charge in [0.15, 0.2) is 11.0 Å². The molecule has 1 aromatic carbocycles. The average molecular weight is 479 g/mol. The fourth-order valence-corrected chi connectivity index (χ4v) is 3.74. The fourth-order valence-electron chi connectivity index (χ4n) is 2.43. The van der Waals surface area contributed by atoms with Gasteiger partial charge in [-0.3, -0.25) is 9.78 Å². The van der Waals surface area contributed by atoms with E-state index in [2.05, 4.69) is 54.6 Å². The summed E-state index contributed by atoms with van der Waals surface area (Å²) in [6, 6.07) is 11.5. The smallest absolute Gasteiger partial charge is 0.234 e. The molecule has 0 spiro atoms. The molecule has 1 amide bonds. The highest BCUT2D eigenvalue weighted by atomic mass is 127. The van der Waals surface area contributed by atoms with Crippen molar-refractivity contribution in [2.75, 3.05) is 11.1 Å². The Morgan fingerprint density at radius 3 is 2.77 bits per heavy atom. The van der Waals surface area contributed by atoms with Gasteiger partial charge in [-0.2, -0.15) is 0 Å². The van der Waals surface area contributed by atoms with Crippen LogP contribution in [0.2, 0.25) is 0 Å². The summed E-state index contributed by atoms with van der Waals surface area (Å²) in [5, 5.41) is 12.2. The van der Waals surface area contributed by atoms with E-state index in [9.17, 15) is 4.79 Å². The number of carbonyl (C=O) groups is 1. The van der Waals surface area contributed by atoms with Crippen molar-refractivity contribution in [3.63, 3.8) is 0 Å². The van der Waals surface area contributed by atoms with Crippen LogP contribution in [-0.4, -0.2) is 31.4 Å². The number of halogens is 1. The summed E-state index contributed by atoms with van der Waals surface area (Å²) in [7, 11) is 0. The lowest BCUT2D eigenvalue weighted by Gasteiger charge is -2.09. The predicted octanol–water partition coefficient (Wildman–Crippen LogP) is 4.09. The third-order valence-corrected chi connectivity index (χ3v) is 5.18. The molecule has 8 heteroatoms. The molecular formula is C18H18IN5OS. The maximum Gasteiger partial charge on any atom is 0.234 e. The number of nitrogens with zero attached hydrogens (tertiary/aromatic N) is 4. The van der Waals surface area contributed by atoms with Gasteiger partial charge >= 0.3 is 0 Å². The van der Waals surface area contributed by atoms with Crippen molar-refractivity contribution in [3.8, 4) is 11.4 Å². The molecule has 2 aromatic heterocycles. The van der Waals surface area contributed by atoms with Crippen molar-refractivity contribution < 1.29 is 4.79 Å². The molecule has 3 aromatic rings. The maximum absolute atomic E-state index is 12.2. The Balaban J connectivity index is 1.69. The van der Waals surface area contributed by atoms with Gasteiger partial charge in [0, 0.05) is 33.8 Å². The Bertz CT molecular complexity index is 884. The van der Waals surface area contributed by atoms with Crippen LogP contribution in [0.5, 0.6) is 0 Å². The van der Waals surface area contributed by atoms with Gasteiger partial charge in [0.05, 0.1) is 5.75 Å². The van der Waals surface area contributed by atoms with E-state index in [0.717, 1.165) is 38.8 Å². The molecule has 6 nitrogen and oxygen atoms in total. The minimum Gasteiger partial charge on any atom is -0.325 e. The van der Waals surface area contributed by atoms with Crippen LogP contribution in [0.25, 0.3) is 11.4 Å². The fraction of sp³-hybridized carbons (Fsp3) is 0.222. The number of anilines is 1. The van der Waals surface area contributed by atoms with Crippen molar-refractivity contribution in [2.24, 2.45) is 0 Å². The van der Waals surface area contributed by atoms with E-state index in [4.69, 9.17) is 0 Å². The summed E-state index contributed by atoms with van der Waals surface area (Å²) in [5.74, 6) is 1.02. The summed E-state index contributed by atoms with van der Waals surface area (Å²) >= 11 is 3.62. The van der Waals surface area contributed by atoms with Crippen LogP contribution in [-0.2, 0) is 11.3 Å². The molecule has 0 saturated heterocycles. The molecule has 0 aliphatic heterocycles. The van der Waals surface area contributed by atoms with E-state index < -0.39 is 0 Å². The lowest BCUT2D eigenvalue weighted by Crippen LogP contribution is -2.14. The van der Waals surface area contributed by atoms with E-state index in [-0.39, 0.29) is 11.7 Å². The molecule has 26 heavy (non-hydrogen) atoms. The van der Waals surface area contributed by atoms with Crippen molar-refractivity contribution in [3.05, 3.63) is 52.4 Å². The Morgan fingerprint density at radius 2 is 2.04 bits per heavy atom. The third-order valence-electron chi connectivity index (χ3n) is 3.54. The standard InChI is InChI=1S/C18H18IN5OS/c1-2-10-24-17(13-6-8-20-9-7-13)22-23-18(24)26-12-16(25)21-15-5-3-4-14(19)11-15/h3-9,11H,2,10,12H2,1H3,(H,21,25). The maximum atomic E-state index is 12.2. The molecular weight excluding hydrogens is 461 g/mol. The zero-order valence-electron chi connectivity index (χ0n) is 14.2. The third kappa shape index (κ3) is 4.82. The minimum atomic E-state index is -0.0616. The number of nitrogens with one attached hydrogen (secondary N) is 1. The van der Waals surface area contributed by atoms with Gasteiger partial charge in [0.1, 0.15) is 0 Å². The van der Waals surface area contributed by atoms with Gasteiger partial charge in [-0.25, -0.2) is 0 Å². The highest BCUT2D eigenvalue weighted by Gasteiger charge is 2.15. The molecule has 2 heterocycles. The van der Waals surface area contributed by atoms with Crippen LogP contribution in [0.4, 0.5) is 5.69 Å². The van der Waals surface area contributed by atoms with E-state index in [1.165, 1.54) is 11.8 Å². The molecule has 0 unspecified atom stereocenters. The van der Waals surface area contributed by atoms with E-state index in [1.807, 2.05) is 36.4 Å². The number of thioether (sulfide) groups is 1. The van der Waals surface area contributed by atoms with Gasteiger partial charge in [0.25, 0.3) is 0 Å². The lowest BCUT2D eigenvalue weighted by atomic mass is 10.2. The molecule has 0 aliphatic carbocycles. The second kappa shape index (κ2) is 9.13. The van der Waals surface area contributed by atoms with E-state index in [1.54, 1.807) is 12.4 Å². The topological polar surface area (TPSA) is 72.7 Å².